The standard InChI is InChI=1S/C23H27ClN2O3/c1-5-8-26-20-11-19(24)15(9-17(20)14(2)12-23(26,3)4)13-25-16-6-7-21(27)18(10-16)22(28)29/h6-7,9-11,13-14,27H,5,8,12H2,1-4H3,(H,28,29). The highest BCUT2D eigenvalue weighted by atomic mass is 35.5. The summed E-state index contributed by atoms with van der Waals surface area (Å²) in [5.74, 6) is -1.08. The number of phenols is 1. The van der Waals surface area contributed by atoms with Gasteiger partial charge in [-0.25, -0.2) is 4.79 Å². The molecule has 0 aromatic heterocycles. The van der Waals surface area contributed by atoms with Gasteiger partial charge in [-0.2, -0.15) is 0 Å². The maximum atomic E-state index is 11.2. The molecule has 2 aromatic carbocycles. The Hall–Kier alpha value is -2.53. The van der Waals surface area contributed by atoms with Gasteiger partial charge in [-0.3, -0.25) is 4.99 Å². The number of carboxylic acid groups (broad SMARTS) is 1. The molecule has 0 spiro atoms. The van der Waals surface area contributed by atoms with E-state index in [0.717, 1.165) is 24.9 Å². The Labute approximate surface area is 176 Å². The minimum absolute atomic E-state index is 0.0701. The van der Waals surface area contributed by atoms with Gasteiger partial charge >= 0.3 is 5.97 Å². The second kappa shape index (κ2) is 8.07. The van der Waals surface area contributed by atoms with Crippen molar-refractivity contribution in [3.63, 3.8) is 0 Å². The molecule has 0 saturated carbocycles. The summed E-state index contributed by atoms with van der Waals surface area (Å²) in [6.45, 7) is 9.94. The lowest BCUT2D eigenvalue weighted by Crippen LogP contribution is -2.48. The normalized spacial score (nSPS) is 18.1. The number of anilines is 1. The van der Waals surface area contributed by atoms with E-state index in [9.17, 15) is 9.90 Å². The number of nitrogens with zero attached hydrogens (tertiary/aromatic N) is 2. The van der Waals surface area contributed by atoms with E-state index in [4.69, 9.17) is 16.7 Å². The van der Waals surface area contributed by atoms with Gasteiger partial charge in [0.2, 0.25) is 0 Å². The lowest BCUT2D eigenvalue weighted by Gasteiger charge is -2.47. The van der Waals surface area contributed by atoms with Gasteiger partial charge in [0.05, 0.1) is 10.7 Å². The van der Waals surface area contributed by atoms with Crippen LogP contribution < -0.4 is 4.90 Å². The quantitative estimate of drug-likeness (QED) is 0.588. The van der Waals surface area contributed by atoms with Crippen molar-refractivity contribution >= 4 is 35.2 Å². The number of fused-ring (bicyclic) bond motifs is 1. The van der Waals surface area contributed by atoms with Gasteiger partial charge in [-0.1, -0.05) is 25.4 Å². The molecule has 3 rings (SSSR count). The van der Waals surface area contributed by atoms with Crippen molar-refractivity contribution in [2.45, 2.75) is 52.0 Å². The lowest BCUT2D eigenvalue weighted by atomic mass is 9.79. The van der Waals surface area contributed by atoms with Crippen molar-refractivity contribution in [3.05, 3.63) is 52.0 Å². The molecule has 1 aliphatic heterocycles. The third-order valence-electron chi connectivity index (χ3n) is 5.51. The Balaban J connectivity index is 1.99. The number of aliphatic imine (C=N–C) groups is 1. The highest BCUT2D eigenvalue weighted by Crippen LogP contribution is 2.45. The van der Waals surface area contributed by atoms with Crippen LogP contribution in [0.25, 0.3) is 0 Å². The molecule has 0 bridgehead atoms. The van der Waals surface area contributed by atoms with Crippen molar-refractivity contribution in [2.75, 3.05) is 11.4 Å². The third kappa shape index (κ3) is 4.25. The van der Waals surface area contributed by atoms with E-state index in [1.165, 1.54) is 23.4 Å². The summed E-state index contributed by atoms with van der Waals surface area (Å²) in [4.78, 5) is 18.0. The van der Waals surface area contributed by atoms with Crippen LogP contribution in [0.15, 0.2) is 35.3 Å². The molecular weight excluding hydrogens is 388 g/mol. The molecule has 2 N–H and O–H groups in total. The Morgan fingerprint density at radius 3 is 2.72 bits per heavy atom. The first-order chi connectivity index (χ1) is 13.6. The van der Waals surface area contributed by atoms with Gasteiger partial charge in [0.15, 0.2) is 0 Å². The van der Waals surface area contributed by atoms with E-state index < -0.39 is 5.97 Å². The number of hydrogen-bond donors (Lipinski definition) is 2. The number of benzene rings is 2. The first kappa shape index (κ1) is 21.2. The van der Waals surface area contributed by atoms with Gasteiger partial charge in [-0.05, 0) is 68.5 Å². The number of carbonyl (C=O) groups is 1. The lowest BCUT2D eigenvalue weighted by molar-refractivity contribution is 0.0693. The number of aromatic carboxylic acids is 1. The number of aromatic hydroxyl groups is 1. The fourth-order valence-corrected chi connectivity index (χ4v) is 4.39. The molecular formula is C23H27ClN2O3. The van der Waals surface area contributed by atoms with Crippen molar-refractivity contribution in [1.29, 1.82) is 0 Å². The molecule has 2 aromatic rings. The average Bonchev–Trinajstić information content (AvgIpc) is 2.64. The molecule has 154 valence electrons. The third-order valence-corrected chi connectivity index (χ3v) is 5.84. The van der Waals surface area contributed by atoms with Crippen LogP contribution in [0.4, 0.5) is 11.4 Å². The van der Waals surface area contributed by atoms with Gasteiger partial charge in [0, 0.05) is 29.5 Å². The van der Waals surface area contributed by atoms with Crippen molar-refractivity contribution in [3.8, 4) is 5.75 Å². The molecule has 6 heteroatoms. The molecule has 29 heavy (non-hydrogen) atoms. The fourth-order valence-electron chi connectivity index (χ4n) is 4.19. The highest BCUT2D eigenvalue weighted by molar-refractivity contribution is 6.33. The van der Waals surface area contributed by atoms with E-state index in [0.29, 0.717) is 16.6 Å². The van der Waals surface area contributed by atoms with Gasteiger partial charge in [-0.15, -0.1) is 0 Å². The summed E-state index contributed by atoms with van der Waals surface area (Å²) in [5.41, 5.74) is 3.55. The summed E-state index contributed by atoms with van der Waals surface area (Å²) < 4.78 is 0. The monoisotopic (exact) mass is 414 g/mol. The van der Waals surface area contributed by atoms with Crippen LogP contribution in [0, 0.1) is 0 Å². The number of hydrogen-bond acceptors (Lipinski definition) is 4. The Morgan fingerprint density at radius 1 is 1.34 bits per heavy atom. The zero-order chi connectivity index (χ0) is 21.3. The number of halogens is 1. The zero-order valence-corrected chi connectivity index (χ0v) is 18.0. The van der Waals surface area contributed by atoms with Crippen LogP contribution in [-0.2, 0) is 0 Å². The zero-order valence-electron chi connectivity index (χ0n) is 17.2. The van der Waals surface area contributed by atoms with E-state index in [1.807, 2.05) is 6.07 Å². The number of carboxylic acids is 1. The molecule has 1 heterocycles. The van der Waals surface area contributed by atoms with E-state index in [1.54, 1.807) is 12.3 Å². The maximum Gasteiger partial charge on any atom is 0.339 e. The molecule has 5 nitrogen and oxygen atoms in total. The summed E-state index contributed by atoms with van der Waals surface area (Å²) in [7, 11) is 0. The molecule has 0 aliphatic carbocycles. The molecule has 0 saturated heterocycles. The summed E-state index contributed by atoms with van der Waals surface area (Å²) in [6, 6.07) is 8.34. The van der Waals surface area contributed by atoms with Crippen molar-refractivity contribution < 1.29 is 15.0 Å². The molecule has 1 unspecified atom stereocenters. The second-order valence-corrected chi connectivity index (χ2v) is 8.67. The van der Waals surface area contributed by atoms with Crippen LogP contribution in [0.5, 0.6) is 5.75 Å². The Morgan fingerprint density at radius 2 is 2.07 bits per heavy atom. The summed E-state index contributed by atoms with van der Waals surface area (Å²) in [6.07, 6.45) is 3.76. The van der Waals surface area contributed by atoms with Crippen LogP contribution >= 0.6 is 11.6 Å². The van der Waals surface area contributed by atoms with Crippen LogP contribution in [0.1, 0.15) is 67.9 Å². The SMILES string of the molecule is CCCN1c2cc(Cl)c(C=Nc3ccc(O)c(C(=O)O)c3)cc2C(C)CC1(C)C. The minimum atomic E-state index is -1.20. The Bertz CT molecular complexity index is 969. The topological polar surface area (TPSA) is 73.1 Å². The average molecular weight is 415 g/mol. The second-order valence-electron chi connectivity index (χ2n) is 8.27. The van der Waals surface area contributed by atoms with Gasteiger partial charge < -0.3 is 15.1 Å². The molecule has 1 atom stereocenters. The predicted octanol–water partition coefficient (Wildman–Crippen LogP) is 6.00. The molecule has 0 amide bonds. The minimum Gasteiger partial charge on any atom is -0.507 e. The summed E-state index contributed by atoms with van der Waals surface area (Å²) >= 11 is 6.59. The smallest absolute Gasteiger partial charge is 0.339 e. The van der Waals surface area contributed by atoms with Crippen LogP contribution in [-0.4, -0.2) is 34.5 Å². The van der Waals surface area contributed by atoms with Crippen LogP contribution in [0.2, 0.25) is 5.02 Å². The fraction of sp³-hybridized carbons (Fsp3) is 0.391. The van der Waals surface area contributed by atoms with Crippen LogP contribution in [0.3, 0.4) is 0 Å². The van der Waals surface area contributed by atoms with Gasteiger partial charge in [0.1, 0.15) is 11.3 Å². The largest absolute Gasteiger partial charge is 0.507 e. The molecule has 0 fully saturated rings. The van der Waals surface area contributed by atoms with Gasteiger partial charge in [0.25, 0.3) is 0 Å². The highest BCUT2D eigenvalue weighted by Gasteiger charge is 2.36. The van der Waals surface area contributed by atoms with E-state index >= 15 is 0 Å². The Kier molecular flexibility index (Phi) is 5.90. The first-order valence-corrected chi connectivity index (χ1v) is 10.2. The summed E-state index contributed by atoms with van der Waals surface area (Å²) in [5, 5.41) is 19.4. The predicted molar refractivity (Wildman–Crippen MR) is 119 cm³/mol. The number of rotatable bonds is 5. The molecule has 0 radical (unpaired) electrons. The van der Waals surface area contributed by atoms with E-state index in [-0.39, 0.29) is 16.9 Å². The molecule has 1 aliphatic rings. The van der Waals surface area contributed by atoms with Crippen molar-refractivity contribution in [1.82, 2.24) is 0 Å². The first-order valence-electron chi connectivity index (χ1n) is 9.85. The van der Waals surface area contributed by atoms with E-state index in [2.05, 4.69) is 43.7 Å². The maximum absolute atomic E-state index is 11.2. The van der Waals surface area contributed by atoms with Crippen molar-refractivity contribution in [2.24, 2.45) is 4.99 Å².